The minimum absolute atomic E-state index is 0.268. The molecule has 0 amide bonds. The predicted octanol–water partition coefficient (Wildman–Crippen LogP) is 3.68. The molecule has 0 saturated carbocycles. The van der Waals surface area contributed by atoms with Crippen molar-refractivity contribution in [3.05, 3.63) is 35.9 Å². The van der Waals surface area contributed by atoms with Gasteiger partial charge >= 0.3 is 6.18 Å². The Kier molecular flexibility index (Phi) is 5.47. The van der Waals surface area contributed by atoms with Crippen molar-refractivity contribution in [1.82, 2.24) is 4.90 Å². The number of likely N-dealkylation sites (tertiary alicyclic amines) is 1. The SMILES string of the molecule is OC(CC1CCCN1C(C1CCCO1)C(F)(F)F)c1ccccc1. The van der Waals surface area contributed by atoms with E-state index in [9.17, 15) is 18.3 Å². The van der Waals surface area contributed by atoms with Crippen molar-refractivity contribution in [3.8, 4) is 0 Å². The summed E-state index contributed by atoms with van der Waals surface area (Å²) in [6.45, 7) is 0.818. The number of rotatable bonds is 5. The van der Waals surface area contributed by atoms with E-state index in [2.05, 4.69) is 0 Å². The van der Waals surface area contributed by atoms with Gasteiger partial charge in [0.05, 0.1) is 12.2 Å². The van der Waals surface area contributed by atoms with Crippen molar-refractivity contribution in [3.63, 3.8) is 0 Å². The molecule has 1 N–H and O–H groups in total. The van der Waals surface area contributed by atoms with Crippen LogP contribution in [0.3, 0.4) is 0 Å². The van der Waals surface area contributed by atoms with Crippen LogP contribution in [-0.4, -0.2) is 47.5 Å². The third-order valence-corrected chi connectivity index (χ3v) is 5.11. The second-order valence-electron chi connectivity index (χ2n) is 6.73. The molecule has 0 aliphatic carbocycles. The van der Waals surface area contributed by atoms with Gasteiger partial charge in [0.1, 0.15) is 6.04 Å². The topological polar surface area (TPSA) is 32.7 Å². The molecule has 0 aromatic heterocycles. The Morgan fingerprint density at radius 3 is 2.54 bits per heavy atom. The number of aliphatic hydroxyl groups excluding tert-OH is 1. The fourth-order valence-corrected chi connectivity index (χ4v) is 4.01. The van der Waals surface area contributed by atoms with Gasteiger partial charge in [-0.15, -0.1) is 0 Å². The lowest BCUT2D eigenvalue weighted by Crippen LogP contribution is -2.54. The summed E-state index contributed by atoms with van der Waals surface area (Å²) in [6.07, 6.45) is -2.96. The van der Waals surface area contributed by atoms with Gasteiger partial charge in [-0.25, -0.2) is 0 Å². The molecule has 2 saturated heterocycles. The summed E-state index contributed by atoms with van der Waals surface area (Å²) < 4.78 is 46.4. The first-order chi connectivity index (χ1) is 11.5. The predicted molar refractivity (Wildman–Crippen MR) is 84.6 cm³/mol. The van der Waals surface area contributed by atoms with Crippen molar-refractivity contribution in [2.75, 3.05) is 13.2 Å². The van der Waals surface area contributed by atoms with E-state index in [4.69, 9.17) is 4.74 Å². The van der Waals surface area contributed by atoms with Crippen LogP contribution in [0.2, 0.25) is 0 Å². The van der Waals surface area contributed by atoms with Crippen molar-refractivity contribution in [2.45, 2.75) is 62.6 Å². The Morgan fingerprint density at radius 2 is 1.92 bits per heavy atom. The molecule has 1 aromatic carbocycles. The summed E-state index contributed by atoms with van der Waals surface area (Å²) >= 11 is 0. The standard InChI is InChI=1S/C18H24F3NO2/c19-18(20,21)17(16-9-5-11-24-16)22-10-4-8-14(22)12-15(23)13-6-2-1-3-7-13/h1-3,6-7,14-17,23H,4-5,8-12H2. The van der Waals surface area contributed by atoms with Crippen LogP contribution >= 0.6 is 0 Å². The summed E-state index contributed by atoms with van der Waals surface area (Å²) in [6, 6.07) is 7.31. The van der Waals surface area contributed by atoms with E-state index in [1.54, 1.807) is 0 Å². The van der Waals surface area contributed by atoms with Crippen molar-refractivity contribution in [2.24, 2.45) is 0 Å². The van der Waals surface area contributed by atoms with E-state index in [0.717, 1.165) is 12.0 Å². The minimum atomic E-state index is -4.31. The van der Waals surface area contributed by atoms with Gasteiger partial charge in [0.2, 0.25) is 0 Å². The van der Waals surface area contributed by atoms with Crippen LogP contribution in [0.25, 0.3) is 0 Å². The van der Waals surface area contributed by atoms with Gasteiger partial charge in [0.15, 0.2) is 0 Å². The highest BCUT2D eigenvalue weighted by Crippen LogP contribution is 2.38. The lowest BCUT2D eigenvalue weighted by molar-refractivity contribution is -0.212. The van der Waals surface area contributed by atoms with E-state index in [1.165, 1.54) is 4.90 Å². The largest absolute Gasteiger partial charge is 0.406 e. The number of hydrogen-bond donors (Lipinski definition) is 1. The van der Waals surface area contributed by atoms with E-state index in [-0.39, 0.29) is 6.04 Å². The lowest BCUT2D eigenvalue weighted by atomic mass is 9.98. The van der Waals surface area contributed by atoms with Gasteiger partial charge in [-0.1, -0.05) is 30.3 Å². The number of nitrogens with zero attached hydrogens (tertiary/aromatic N) is 1. The van der Waals surface area contributed by atoms with Crippen LogP contribution in [0.1, 0.15) is 43.8 Å². The molecule has 2 aliphatic rings. The van der Waals surface area contributed by atoms with E-state index in [0.29, 0.717) is 38.8 Å². The maximum absolute atomic E-state index is 13.7. The summed E-state index contributed by atoms with van der Waals surface area (Å²) in [4.78, 5) is 1.53. The molecule has 0 radical (unpaired) electrons. The second kappa shape index (κ2) is 7.42. The molecule has 6 heteroatoms. The number of aliphatic hydroxyl groups is 1. The molecule has 24 heavy (non-hydrogen) atoms. The lowest BCUT2D eigenvalue weighted by Gasteiger charge is -2.38. The Morgan fingerprint density at radius 1 is 1.17 bits per heavy atom. The molecule has 4 unspecified atom stereocenters. The monoisotopic (exact) mass is 343 g/mol. The van der Waals surface area contributed by atoms with Crippen molar-refractivity contribution in [1.29, 1.82) is 0 Å². The molecule has 0 bridgehead atoms. The average Bonchev–Trinajstić information content (AvgIpc) is 3.20. The maximum atomic E-state index is 13.7. The first kappa shape index (κ1) is 17.7. The van der Waals surface area contributed by atoms with Crippen LogP contribution in [-0.2, 0) is 4.74 Å². The van der Waals surface area contributed by atoms with Crippen molar-refractivity contribution >= 4 is 0 Å². The van der Waals surface area contributed by atoms with Gasteiger partial charge in [0, 0.05) is 12.6 Å². The minimum Gasteiger partial charge on any atom is -0.388 e. The number of ether oxygens (including phenoxy) is 1. The number of benzene rings is 1. The van der Waals surface area contributed by atoms with Gasteiger partial charge in [0.25, 0.3) is 0 Å². The van der Waals surface area contributed by atoms with Gasteiger partial charge in [-0.3, -0.25) is 4.90 Å². The van der Waals surface area contributed by atoms with Crippen molar-refractivity contribution < 1.29 is 23.0 Å². The van der Waals surface area contributed by atoms with Crippen LogP contribution in [0.15, 0.2) is 30.3 Å². The van der Waals surface area contributed by atoms with Gasteiger partial charge in [-0.05, 0) is 44.2 Å². The molecule has 2 aliphatic heterocycles. The average molecular weight is 343 g/mol. The Balaban J connectivity index is 1.73. The van der Waals surface area contributed by atoms with E-state index < -0.39 is 24.4 Å². The maximum Gasteiger partial charge on any atom is 0.406 e. The quantitative estimate of drug-likeness (QED) is 0.885. The zero-order chi connectivity index (χ0) is 17.2. The molecule has 2 heterocycles. The highest BCUT2D eigenvalue weighted by atomic mass is 19.4. The van der Waals surface area contributed by atoms with Gasteiger partial charge < -0.3 is 9.84 Å². The van der Waals surface area contributed by atoms with E-state index >= 15 is 0 Å². The molecular formula is C18H24F3NO2. The van der Waals surface area contributed by atoms with Gasteiger partial charge in [-0.2, -0.15) is 13.2 Å². The third kappa shape index (κ3) is 3.92. The van der Waals surface area contributed by atoms with Crippen LogP contribution in [0, 0.1) is 0 Å². The Labute approximate surface area is 140 Å². The molecular weight excluding hydrogens is 319 g/mol. The third-order valence-electron chi connectivity index (χ3n) is 5.11. The normalized spacial score (nSPS) is 28.2. The Bertz CT molecular complexity index is 517. The smallest absolute Gasteiger partial charge is 0.388 e. The second-order valence-corrected chi connectivity index (χ2v) is 6.73. The highest BCUT2D eigenvalue weighted by molar-refractivity contribution is 5.17. The molecule has 0 spiro atoms. The summed E-state index contributed by atoms with van der Waals surface area (Å²) in [5, 5.41) is 10.4. The van der Waals surface area contributed by atoms with Crippen LogP contribution in [0.4, 0.5) is 13.2 Å². The summed E-state index contributed by atoms with van der Waals surface area (Å²) in [5.74, 6) is 0. The Hall–Kier alpha value is -1.11. The molecule has 3 rings (SSSR count). The number of hydrogen-bond acceptors (Lipinski definition) is 3. The first-order valence-corrected chi connectivity index (χ1v) is 8.64. The summed E-state index contributed by atoms with van der Waals surface area (Å²) in [5.41, 5.74) is 0.755. The molecule has 3 nitrogen and oxygen atoms in total. The fraction of sp³-hybridized carbons (Fsp3) is 0.667. The molecule has 2 fully saturated rings. The fourth-order valence-electron chi connectivity index (χ4n) is 4.01. The summed E-state index contributed by atoms with van der Waals surface area (Å²) in [7, 11) is 0. The van der Waals surface area contributed by atoms with E-state index in [1.807, 2.05) is 30.3 Å². The zero-order valence-electron chi connectivity index (χ0n) is 13.6. The first-order valence-electron chi connectivity index (χ1n) is 8.64. The molecule has 134 valence electrons. The number of alkyl halides is 3. The highest BCUT2D eigenvalue weighted by Gasteiger charge is 2.52. The zero-order valence-corrected chi connectivity index (χ0v) is 13.6. The molecule has 1 aromatic rings. The van der Waals surface area contributed by atoms with Crippen LogP contribution in [0.5, 0.6) is 0 Å². The van der Waals surface area contributed by atoms with Crippen LogP contribution < -0.4 is 0 Å². The number of halogens is 3. The molecule has 4 atom stereocenters.